The van der Waals surface area contributed by atoms with Crippen LogP contribution in [0, 0.1) is 0 Å². The first-order chi connectivity index (χ1) is 11.1. The van der Waals surface area contributed by atoms with Gasteiger partial charge in [-0.05, 0) is 29.1 Å². The van der Waals surface area contributed by atoms with E-state index in [1.54, 1.807) is 11.3 Å². The molecule has 0 saturated carbocycles. The zero-order valence-corrected chi connectivity index (χ0v) is 14.5. The summed E-state index contributed by atoms with van der Waals surface area (Å²) in [5.41, 5.74) is 7.17. The number of halogens is 1. The van der Waals surface area contributed by atoms with Crippen molar-refractivity contribution in [3.8, 4) is 0 Å². The van der Waals surface area contributed by atoms with Crippen molar-refractivity contribution in [2.75, 3.05) is 5.73 Å². The summed E-state index contributed by atoms with van der Waals surface area (Å²) >= 11 is 5.00. The van der Waals surface area contributed by atoms with Gasteiger partial charge in [-0.1, -0.05) is 39.3 Å². The highest BCUT2D eigenvalue weighted by Gasteiger charge is 2.17. The quantitative estimate of drug-likeness (QED) is 0.699. The molecule has 0 saturated heterocycles. The van der Waals surface area contributed by atoms with Gasteiger partial charge in [0.25, 0.3) is 5.91 Å². The molecule has 0 bridgehead atoms. The lowest BCUT2D eigenvalue weighted by Gasteiger charge is -2.05. The Kier molecular flexibility index (Phi) is 4.73. The summed E-state index contributed by atoms with van der Waals surface area (Å²) in [6.45, 7) is 0.908. The van der Waals surface area contributed by atoms with E-state index in [0.29, 0.717) is 13.1 Å². The summed E-state index contributed by atoms with van der Waals surface area (Å²) in [5, 5.41) is 12.6. The van der Waals surface area contributed by atoms with Gasteiger partial charge in [-0.2, -0.15) is 0 Å². The van der Waals surface area contributed by atoms with Crippen LogP contribution in [0.15, 0.2) is 46.3 Å². The minimum Gasteiger partial charge on any atom is -0.382 e. The summed E-state index contributed by atoms with van der Waals surface area (Å²) in [5.74, 6) is -0.0648. The number of nitrogens with two attached hydrogens (primary N) is 1. The van der Waals surface area contributed by atoms with Gasteiger partial charge in [0.1, 0.15) is 0 Å². The molecule has 2 heterocycles. The van der Waals surface area contributed by atoms with E-state index in [1.165, 1.54) is 4.68 Å². The van der Waals surface area contributed by atoms with Gasteiger partial charge < -0.3 is 11.1 Å². The molecule has 1 aromatic carbocycles. The number of benzene rings is 1. The fraction of sp³-hybridized carbons (Fsp3) is 0.133. The van der Waals surface area contributed by atoms with E-state index in [2.05, 4.69) is 31.6 Å². The summed E-state index contributed by atoms with van der Waals surface area (Å²) in [6.07, 6.45) is 0. The Morgan fingerprint density at radius 3 is 2.96 bits per heavy atom. The third-order valence-corrected chi connectivity index (χ3v) is 4.58. The van der Waals surface area contributed by atoms with Crippen molar-refractivity contribution < 1.29 is 4.79 Å². The molecular formula is C15H14BrN5OS. The van der Waals surface area contributed by atoms with Gasteiger partial charge in [0.2, 0.25) is 0 Å². The number of aromatic nitrogens is 3. The molecule has 8 heteroatoms. The van der Waals surface area contributed by atoms with E-state index in [1.807, 2.05) is 41.8 Å². The molecule has 0 fully saturated rings. The van der Waals surface area contributed by atoms with E-state index >= 15 is 0 Å². The van der Waals surface area contributed by atoms with Crippen molar-refractivity contribution in [3.63, 3.8) is 0 Å². The van der Waals surface area contributed by atoms with E-state index in [-0.39, 0.29) is 17.4 Å². The maximum atomic E-state index is 12.2. The first kappa shape index (κ1) is 15.7. The lowest BCUT2D eigenvalue weighted by Crippen LogP contribution is -2.24. The number of hydrogen-bond acceptors (Lipinski definition) is 5. The van der Waals surface area contributed by atoms with Gasteiger partial charge in [0.15, 0.2) is 11.5 Å². The largest absolute Gasteiger partial charge is 0.382 e. The van der Waals surface area contributed by atoms with Crippen LogP contribution < -0.4 is 11.1 Å². The van der Waals surface area contributed by atoms with Crippen LogP contribution in [0.25, 0.3) is 0 Å². The monoisotopic (exact) mass is 391 g/mol. The highest BCUT2D eigenvalue weighted by atomic mass is 79.9. The van der Waals surface area contributed by atoms with Crippen LogP contribution in [0.4, 0.5) is 5.82 Å². The maximum Gasteiger partial charge on any atom is 0.276 e. The van der Waals surface area contributed by atoms with Crippen molar-refractivity contribution in [3.05, 3.63) is 62.4 Å². The molecular weight excluding hydrogens is 378 g/mol. The smallest absolute Gasteiger partial charge is 0.276 e. The molecule has 0 aliphatic heterocycles. The predicted molar refractivity (Wildman–Crippen MR) is 93.2 cm³/mol. The Hall–Kier alpha value is -2.19. The molecule has 6 nitrogen and oxygen atoms in total. The SMILES string of the molecule is Nc1c(C(=O)NCc2cccs2)nnn1Cc1cccc(Br)c1. The highest BCUT2D eigenvalue weighted by Crippen LogP contribution is 2.15. The standard InChI is InChI=1S/C15H14BrN5OS/c16-11-4-1-3-10(7-11)9-21-14(17)13(19-20-21)15(22)18-8-12-5-2-6-23-12/h1-7H,8-9,17H2,(H,18,22). The second kappa shape index (κ2) is 6.93. The predicted octanol–water partition coefficient (Wildman–Crippen LogP) is 2.66. The number of anilines is 1. The third kappa shape index (κ3) is 3.77. The Morgan fingerprint density at radius 1 is 1.35 bits per heavy atom. The number of carbonyl (C=O) groups is 1. The van der Waals surface area contributed by atoms with Crippen LogP contribution >= 0.6 is 27.3 Å². The van der Waals surface area contributed by atoms with E-state index in [9.17, 15) is 4.79 Å². The fourth-order valence-corrected chi connectivity index (χ4v) is 3.16. The van der Waals surface area contributed by atoms with Gasteiger partial charge in [0.05, 0.1) is 13.1 Å². The number of nitrogens with zero attached hydrogens (tertiary/aromatic N) is 3. The molecule has 1 amide bonds. The molecule has 2 aromatic heterocycles. The molecule has 23 heavy (non-hydrogen) atoms. The van der Waals surface area contributed by atoms with Gasteiger partial charge in [-0.15, -0.1) is 16.4 Å². The zero-order valence-electron chi connectivity index (χ0n) is 12.1. The second-order valence-electron chi connectivity index (χ2n) is 4.87. The fourth-order valence-electron chi connectivity index (χ4n) is 2.07. The van der Waals surface area contributed by atoms with E-state index < -0.39 is 0 Å². The Morgan fingerprint density at radius 2 is 2.22 bits per heavy atom. The molecule has 0 radical (unpaired) electrons. The van der Waals surface area contributed by atoms with Crippen LogP contribution in [0.5, 0.6) is 0 Å². The Labute approximate surface area is 145 Å². The summed E-state index contributed by atoms with van der Waals surface area (Å²) in [4.78, 5) is 13.2. The topological polar surface area (TPSA) is 85.8 Å². The number of rotatable bonds is 5. The minimum atomic E-state index is -0.323. The molecule has 118 valence electrons. The molecule has 0 spiro atoms. The van der Waals surface area contributed by atoms with Crippen LogP contribution in [0.3, 0.4) is 0 Å². The van der Waals surface area contributed by atoms with Crippen LogP contribution in [-0.2, 0) is 13.1 Å². The summed E-state index contributed by atoms with van der Waals surface area (Å²) in [7, 11) is 0. The van der Waals surface area contributed by atoms with Crippen LogP contribution in [0.1, 0.15) is 20.9 Å². The van der Waals surface area contributed by atoms with Crippen molar-refractivity contribution in [2.24, 2.45) is 0 Å². The number of amides is 1. The third-order valence-electron chi connectivity index (χ3n) is 3.21. The molecule has 0 aliphatic rings. The first-order valence-electron chi connectivity index (χ1n) is 6.87. The van der Waals surface area contributed by atoms with Crippen LogP contribution in [0.2, 0.25) is 0 Å². The van der Waals surface area contributed by atoms with Crippen molar-refractivity contribution >= 4 is 39.0 Å². The summed E-state index contributed by atoms with van der Waals surface area (Å²) in [6, 6.07) is 11.7. The number of nitrogens with one attached hydrogen (secondary N) is 1. The highest BCUT2D eigenvalue weighted by molar-refractivity contribution is 9.10. The second-order valence-corrected chi connectivity index (χ2v) is 6.82. The molecule has 3 N–H and O–H groups in total. The Balaban J connectivity index is 1.69. The van der Waals surface area contributed by atoms with Crippen molar-refractivity contribution in [2.45, 2.75) is 13.1 Å². The lowest BCUT2D eigenvalue weighted by molar-refractivity contribution is 0.0947. The molecule has 3 aromatic rings. The van der Waals surface area contributed by atoms with Gasteiger partial charge in [0, 0.05) is 9.35 Å². The first-order valence-corrected chi connectivity index (χ1v) is 8.55. The molecule has 0 aliphatic carbocycles. The average molecular weight is 392 g/mol. The number of thiophene rings is 1. The van der Waals surface area contributed by atoms with Crippen molar-refractivity contribution in [1.29, 1.82) is 0 Å². The normalized spacial score (nSPS) is 10.7. The van der Waals surface area contributed by atoms with Gasteiger partial charge in [-0.3, -0.25) is 4.79 Å². The molecule has 0 unspecified atom stereocenters. The lowest BCUT2D eigenvalue weighted by atomic mass is 10.2. The molecule has 0 atom stereocenters. The number of nitrogen functional groups attached to an aromatic ring is 1. The maximum absolute atomic E-state index is 12.2. The van der Waals surface area contributed by atoms with Crippen LogP contribution in [-0.4, -0.2) is 20.9 Å². The van der Waals surface area contributed by atoms with Gasteiger partial charge >= 0.3 is 0 Å². The Bertz CT molecular complexity index is 815. The zero-order chi connectivity index (χ0) is 16.2. The number of hydrogen-bond donors (Lipinski definition) is 2. The van der Waals surface area contributed by atoms with E-state index in [0.717, 1.165) is 14.9 Å². The average Bonchev–Trinajstić information content (AvgIpc) is 3.16. The molecule has 3 rings (SSSR count). The minimum absolute atomic E-state index is 0.150. The van der Waals surface area contributed by atoms with Crippen molar-refractivity contribution in [1.82, 2.24) is 20.3 Å². The number of carbonyl (C=O) groups excluding carboxylic acids is 1. The van der Waals surface area contributed by atoms with Gasteiger partial charge in [-0.25, -0.2) is 4.68 Å². The van der Waals surface area contributed by atoms with E-state index in [4.69, 9.17) is 5.73 Å². The summed E-state index contributed by atoms with van der Waals surface area (Å²) < 4.78 is 2.49.